The fourth-order valence-corrected chi connectivity index (χ4v) is 1.80. The molecule has 2 aromatic carbocycles. The lowest BCUT2D eigenvalue weighted by Crippen LogP contribution is -2.10. The van der Waals surface area contributed by atoms with E-state index in [1.807, 2.05) is 6.07 Å². The molecule has 0 saturated carbocycles. The Morgan fingerprint density at radius 2 is 1.89 bits per heavy atom. The van der Waals surface area contributed by atoms with Crippen molar-refractivity contribution in [3.63, 3.8) is 0 Å². The highest BCUT2D eigenvalue weighted by molar-refractivity contribution is 6.12. The smallest absolute Gasteiger partial charge is 0.344 e. The molecule has 4 heteroatoms. The fourth-order valence-electron chi connectivity index (χ4n) is 1.80. The number of benzene rings is 2. The number of aromatic carboxylic acids is 1. The van der Waals surface area contributed by atoms with Crippen molar-refractivity contribution in [2.75, 3.05) is 0 Å². The normalized spacial score (nSPS) is 10.0. The number of esters is 1. The molecule has 0 unspecified atom stereocenters. The van der Waals surface area contributed by atoms with Gasteiger partial charge in [0.2, 0.25) is 0 Å². The summed E-state index contributed by atoms with van der Waals surface area (Å²) in [5, 5.41) is 10.4. The number of ether oxygens (including phenoxy) is 1. The Kier molecular flexibility index (Phi) is 3.10. The first-order valence-electron chi connectivity index (χ1n) is 5.22. The first kappa shape index (κ1) is 11.9. The lowest BCUT2D eigenvalue weighted by Gasteiger charge is -2.08. The number of carboxylic acids is 1. The fraction of sp³-hybridized carbons (Fsp3) is 0. The molecule has 2 aromatic rings. The van der Waals surface area contributed by atoms with Crippen LogP contribution in [0.2, 0.25) is 0 Å². The summed E-state index contributed by atoms with van der Waals surface area (Å²) in [5.74, 6) is -1.89. The predicted molar refractivity (Wildman–Crippen MR) is 66.5 cm³/mol. The van der Waals surface area contributed by atoms with Crippen molar-refractivity contribution < 1.29 is 19.4 Å². The first-order valence-corrected chi connectivity index (χ1v) is 5.22. The van der Waals surface area contributed by atoms with Gasteiger partial charge in [0.05, 0.1) is 17.4 Å². The second-order valence-electron chi connectivity index (χ2n) is 3.59. The summed E-state index contributed by atoms with van der Waals surface area (Å²) in [7, 11) is 0. The van der Waals surface area contributed by atoms with Gasteiger partial charge in [-0.3, -0.25) is 0 Å². The Hall–Kier alpha value is -2.62. The number of carbonyl (C=O) groups excluding carboxylic acids is 1. The van der Waals surface area contributed by atoms with E-state index in [0.717, 1.165) is 11.6 Å². The average Bonchev–Trinajstić information content (AvgIpc) is 2.37. The van der Waals surface area contributed by atoms with E-state index in [1.54, 1.807) is 24.3 Å². The van der Waals surface area contributed by atoms with Crippen LogP contribution in [0.4, 0.5) is 0 Å². The third-order valence-corrected chi connectivity index (χ3v) is 2.55. The minimum Gasteiger partial charge on any atom is -0.478 e. The van der Waals surface area contributed by atoms with Gasteiger partial charge >= 0.3 is 11.9 Å². The Morgan fingerprint density at radius 1 is 1.17 bits per heavy atom. The van der Waals surface area contributed by atoms with Crippen molar-refractivity contribution in [1.82, 2.24) is 0 Å². The monoisotopic (exact) mass is 242 g/mol. The molecule has 2 rings (SSSR count). The van der Waals surface area contributed by atoms with Crippen LogP contribution in [0.1, 0.15) is 20.7 Å². The number of carboxylic acid groups (broad SMARTS) is 1. The molecule has 4 nitrogen and oxygen atoms in total. The summed E-state index contributed by atoms with van der Waals surface area (Å²) in [4.78, 5) is 23.0. The van der Waals surface area contributed by atoms with Crippen LogP contribution in [0.15, 0.2) is 49.2 Å². The van der Waals surface area contributed by atoms with Crippen LogP contribution in [0.3, 0.4) is 0 Å². The molecule has 0 aliphatic rings. The minimum atomic E-state index is -1.17. The highest BCUT2D eigenvalue weighted by Crippen LogP contribution is 2.23. The summed E-state index contributed by atoms with van der Waals surface area (Å²) in [6.07, 6.45) is 0.982. The lowest BCUT2D eigenvalue weighted by molar-refractivity contribution is 0.0634. The van der Waals surface area contributed by atoms with Gasteiger partial charge in [0.1, 0.15) is 0 Å². The number of hydrogen-bond donors (Lipinski definition) is 1. The highest BCUT2D eigenvalue weighted by Gasteiger charge is 2.20. The van der Waals surface area contributed by atoms with Gasteiger partial charge < -0.3 is 9.84 Å². The van der Waals surface area contributed by atoms with Crippen LogP contribution >= 0.6 is 0 Å². The van der Waals surface area contributed by atoms with E-state index in [9.17, 15) is 9.59 Å². The second kappa shape index (κ2) is 4.71. The van der Waals surface area contributed by atoms with Gasteiger partial charge in [0.15, 0.2) is 0 Å². The summed E-state index contributed by atoms with van der Waals surface area (Å²) in [6.45, 7) is 3.29. The number of carbonyl (C=O) groups is 2. The molecule has 0 heterocycles. The van der Waals surface area contributed by atoms with Gasteiger partial charge in [-0.2, -0.15) is 0 Å². The van der Waals surface area contributed by atoms with Crippen LogP contribution < -0.4 is 0 Å². The summed E-state index contributed by atoms with van der Waals surface area (Å²) >= 11 is 0. The van der Waals surface area contributed by atoms with Crippen LogP contribution in [0.5, 0.6) is 0 Å². The van der Waals surface area contributed by atoms with Crippen LogP contribution in [-0.2, 0) is 4.74 Å². The molecule has 1 N–H and O–H groups in total. The van der Waals surface area contributed by atoms with Gasteiger partial charge in [0.25, 0.3) is 0 Å². The van der Waals surface area contributed by atoms with Gasteiger partial charge in [-0.15, -0.1) is 0 Å². The third kappa shape index (κ3) is 1.96. The minimum absolute atomic E-state index is 0.0421. The van der Waals surface area contributed by atoms with Crippen molar-refractivity contribution in [2.24, 2.45) is 0 Å². The molecule has 0 atom stereocenters. The van der Waals surface area contributed by atoms with Crippen molar-refractivity contribution in [1.29, 1.82) is 0 Å². The molecular weight excluding hydrogens is 232 g/mol. The number of fused-ring (bicyclic) bond motifs is 1. The van der Waals surface area contributed by atoms with Crippen LogP contribution in [0, 0.1) is 0 Å². The van der Waals surface area contributed by atoms with Gasteiger partial charge in [-0.25, -0.2) is 9.59 Å². The van der Waals surface area contributed by atoms with E-state index in [2.05, 4.69) is 11.3 Å². The molecule has 0 aliphatic carbocycles. The molecule has 0 spiro atoms. The zero-order valence-corrected chi connectivity index (χ0v) is 9.42. The Labute approximate surface area is 103 Å². The van der Waals surface area contributed by atoms with Crippen molar-refractivity contribution in [2.45, 2.75) is 0 Å². The largest absolute Gasteiger partial charge is 0.478 e. The maximum Gasteiger partial charge on any atom is 0.344 e. The van der Waals surface area contributed by atoms with Gasteiger partial charge in [-0.1, -0.05) is 36.9 Å². The van der Waals surface area contributed by atoms with E-state index in [1.165, 1.54) is 6.07 Å². The third-order valence-electron chi connectivity index (χ3n) is 2.55. The van der Waals surface area contributed by atoms with E-state index in [0.29, 0.717) is 5.39 Å². The molecule has 0 aliphatic heterocycles. The van der Waals surface area contributed by atoms with Crippen LogP contribution in [-0.4, -0.2) is 17.0 Å². The Morgan fingerprint density at radius 3 is 2.56 bits per heavy atom. The maximum atomic E-state index is 11.8. The molecular formula is C14H10O4. The van der Waals surface area contributed by atoms with E-state index < -0.39 is 11.9 Å². The zero-order valence-electron chi connectivity index (χ0n) is 9.42. The Bertz CT molecular complexity index is 643. The second-order valence-corrected chi connectivity index (χ2v) is 3.59. The highest BCUT2D eigenvalue weighted by atomic mass is 16.5. The average molecular weight is 242 g/mol. The molecule has 0 radical (unpaired) electrons. The standard InChI is InChI=1S/C14H10O4/c1-2-18-14(17)12-10-6-4-3-5-9(10)7-8-11(12)13(15)16/h2-8H,1H2,(H,15,16). The molecule has 0 saturated heterocycles. The zero-order chi connectivity index (χ0) is 13.1. The van der Waals surface area contributed by atoms with Crippen LogP contribution in [0.25, 0.3) is 10.8 Å². The van der Waals surface area contributed by atoms with Crippen molar-refractivity contribution in [3.05, 3.63) is 60.4 Å². The first-order chi connectivity index (χ1) is 8.65. The molecule has 0 fully saturated rings. The van der Waals surface area contributed by atoms with E-state index in [-0.39, 0.29) is 11.1 Å². The molecule has 0 amide bonds. The topological polar surface area (TPSA) is 63.6 Å². The molecule has 0 bridgehead atoms. The molecule has 90 valence electrons. The Balaban J connectivity index is 2.78. The van der Waals surface area contributed by atoms with E-state index in [4.69, 9.17) is 5.11 Å². The predicted octanol–water partition coefficient (Wildman–Crippen LogP) is 2.84. The SMILES string of the molecule is C=COC(=O)c1c(C(=O)O)ccc2ccccc12. The lowest BCUT2D eigenvalue weighted by atomic mass is 9.99. The summed E-state index contributed by atoms with van der Waals surface area (Å²) < 4.78 is 4.69. The molecule has 0 aromatic heterocycles. The van der Waals surface area contributed by atoms with Crippen molar-refractivity contribution in [3.8, 4) is 0 Å². The maximum absolute atomic E-state index is 11.8. The van der Waals surface area contributed by atoms with Gasteiger partial charge in [0, 0.05) is 0 Å². The van der Waals surface area contributed by atoms with Gasteiger partial charge in [-0.05, 0) is 16.8 Å². The quantitative estimate of drug-likeness (QED) is 0.664. The summed E-state index contributed by atoms with van der Waals surface area (Å²) in [5.41, 5.74) is -0.0407. The number of hydrogen-bond acceptors (Lipinski definition) is 3. The molecule has 18 heavy (non-hydrogen) atoms. The van der Waals surface area contributed by atoms with E-state index >= 15 is 0 Å². The number of rotatable bonds is 3. The van der Waals surface area contributed by atoms with Crippen molar-refractivity contribution >= 4 is 22.7 Å². The summed E-state index contributed by atoms with van der Waals surface area (Å²) in [6, 6.07) is 10.1.